The quantitative estimate of drug-likeness (QED) is 0.508. The van der Waals surface area contributed by atoms with E-state index >= 15 is 0 Å². The SMILES string of the molecule is O=C(O)Cc1cnc([N+](=O)[O-])c(OC(F)(F)F)c1C(F)F. The van der Waals surface area contributed by atoms with Gasteiger partial charge in [0, 0.05) is 5.56 Å². The minimum absolute atomic E-state index is 0.400. The van der Waals surface area contributed by atoms with E-state index in [4.69, 9.17) is 5.11 Å². The van der Waals surface area contributed by atoms with Crippen molar-refractivity contribution in [1.29, 1.82) is 0 Å². The van der Waals surface area contributed by atoms with Gasteiger partial charge in [0.15, 0.2) is 0 Å². The van der Waals surface area contributed by atoms with Crippen LogP contribution in [0.25, 0.3) is 0 Å². The number of hydrogen-bond acceptors (Lipinski definition) is 5. The number of hydrogen-bond donors (Lipinski definition) is 1. The van der Waals surface area contributed by atoms with Gasteiger partial charge in [-0.15, -0.1) is 13.2 Å². The zero-order valence-corrected chi connectivity index (χ0v) is 9.73. The lowest BCUT2D eigenvalue weighted by Gasteiger charge is -2.14. The number of nitro groups is 1. The first-order valence-electron chi connectivity index (χ1n) is 4.94. The number of nitrogens with zero attached hydrogens (tertiary/aromatic N) is 2. The predicted octanol–water partition coefficient (Wildman–Crippen LogP) is 2.45. The van der Waals surface area contributed by atoms with Crippen LogP contribution in [-0.4, -0.2) is 27.3 Å². The second-order valence-corrected chi connectivity index (χ2v) is 3.53. The van der Waals surface area contributed by atoms with Crippen molar-refractivity contribution in [2.24, 2.45) is 0 Å². The normalized spacial score (nSPS) is 11.5. The molecule has 1 aromatic heterocycles. The zero-order chi connectivity index (χ0) is 16.4. The zero-order valence-electron chi connectivity index (χ0n) is 9.73. The van der Waals surface area contributed by atoms with Crippen LogP contribution < -0.4 is 4.74 Å². The molecule has 0 radical (unpaired) electrons. The number of pyridine rings is 1. The number of halogens is 5. The van der Waals surface area contributed by atoms with Crippen molar-refractivity contribution in [1.82, 2.24) is 4.98 Å². The van der Waals surface area contributed by atoms with Crippen LogP contribution in [0.3, 0.4) is 0 Å². The molecule has 0 aromatic carbocycles. The van der Waals surface area contributed by atoms with Gasteiger partial charge in [-0.25, -0.2) is 8.78 Å². The Morgan fingerprint density at radius 3 is 2.43 bits per heavy atom. The number of carboxylic acid groups (broad SMARTS) is 1. The summed E-state index contributed by atoms with van der Waals surface area (Å²) in [4.78, 5) is 22.5. The van der Waals surface area contributed by atoms with E-state index in [1.807, 2.05) is 0 Å². The fourth-order valence-corrected chi connectivity index (χ4v) is 1.42. The fraction of sp³-hybridized carbons (Fsp3) is 0.333. The summed E-state index contributed by atoms with van der Waals surface area (Å²) in [7, 11) is 0. The fourth-order valence-electron chi connectivity index (χ4n) is 1.42. The van der Waals surface area contributed by atoms with E-state index in [9.17, 15) is 36.9 Å². The lowest BCUT2D eigenvalue weighted by atomic mass is 10.1. The molecule has 116 valence electrons. The third kappa shape index (κ3) is 4.22. The van der Waals surface area contributed by atoms with Crippen molar-refractivity contribution in [2.75, 3.05) is 0 Å². The summed E-state index contributed by atoms with van der Waals surface area (Å²) in [6.45, 7) is 0. The van der Waals surface area contributed by atoms with Crippen molar-refractivity contribution in [3.63, 3.8) is 0 Å². The molecule has 0 saturated carbocycles. The number of rotatable bonds is 5. The molecule has 7 nitrogen and oxygen atoms in total. The third-order valence-corrected chi connectivity index (χ3v) is 2.09. The van der Waals surface area contributed by atoms with E-state index in [1.54, 1.807) is 0 Å². The monoisotopic (exact) mass is 316 g/mol. The molecule has 0 bridgehead atoms. The van der Waals surface area contributed by atoms with Crippen LogP contribution in [0.2, 0.25) is 0 Å². The van der Waals surface area contributed by atoms with Gasteiger partial charge in [0.1, 0.15) is 6.20 Å². The molecule has 1 N–H and O–H groups in total. The van der Waals surface area contributed by atoms with Crippen molar-refractivity contribution in [3.05, 3.63) is 27.4 Å². The van der Waals surface area contributed by atoms with Crippen molar-refractivity contribution in [3.8, 4) is 5.75 Å². The molecule has 0 spiro atoms. The van der Waals surface area contributed by atoms with Gasteiger partial charge in [-0.05, 0) is 9.91 Å². The van der Waals surface area contributed by atoms with Crippen LogP contribution >= 0.6 is 0 Å². The summed E-state index contributed by atoms with van der Waals surface area (Å²) < 4.78 is 65.5. The number of carboxylic acids is 1. The lowest BCUT2D eigenvalue weighted by Crippen LogP contribution is -2.20. The summed E-state index contributed by atoms with van der Waals surface area (Å²) in [5.41, 5.74) is -2.35. The Morgan fingerprint density at radius 2 is 2.05 bits per heavy atom. The summed E-state index contributed by atoms with van der Waals surface area (Å²) in [6.07, 6.45) is -9.81. The molecule has 0 saturated heterocycles. The number of aromatic nitrogens is 1. The van der Waals surface area contributed by atoms with Gasteiger partial charge in [-0.2, -0.15) is 0 Å². The minimum Gasteiger partial charge on any atom is -0.481 e. The average molecular weight is 316 g/mol. The summed E-state index contributed by atoms with van der Waals surface area (Å²) in [5.74, 6) is -5.04. The van der Waals surface area contributed by atoms with Gasteiger partial charge in [-0.3, -0.25) is 4.79 Å². The molecular weight excluding hydrogens is 311 g/mol. The molecule has 0 atom stereocenters. The highest BCUT2D eigenvalue weighted by Gasteiger charge is 2.39. The molecule has 1 aromatic rings. The Balaban J connectivity index is 3.57. The second kappa shape index (κ2) is 5.85. The second-order valence-electron chi connectivity index (χ2n) is 3.53. The van der Waals surface area contributed by atoms with Crippen LogP contribution in [0.4, 0.5) is 27.8 Å². The van der Waals surface area contributed by atoms with E-state index in [0.29, 0.717) is 6.20 Å². The van der Waals surface area contributed by atoms with Crippen molar-refractivity contribution < 1.29 is 41.5 Å². The molecule has 0 fully saturated rings. The van der Waals surface area contributed by atoms with E-state index in [1.165, 1.54) is 0 Å². The molecule has 1 heterocycles. The minimum atomic E-state index is -5.49. The molecule has 21 heavy (non-hydrogen) atoms. The van der Waals surface area contributed by atoms with Crippen LogP contribution in [-0.2, 0) is 11.2 Å². The highest BCUT2D eigenvalue weighted by atomic mass is 19.4. The molecule has 0 aliphatic carbocycles. The average Bonchev–Trinajstić information content (AvgIpc) is 2.24. The van der Waals surface area contributed by atoms with Crippen LogP contribution in [0.1, 0.15) is 17.6 Å². The summed E-state index contributed by atoms with van der Waals surface area (Å²) in [5, 5.41) is 19.1. The third-order valence-electron chi connectivity index (χ3n) is 2.09. The molecule has 0 aliphatic rings. The van der Waals surface area contributed by atoms with E-state index in [2.05, 4.69) is 9.72 Å². The maximum absolute atomic E-state index is 12.9. The maximum Gasteiger partial charge on any atom is 0.573 e. The number of ether oxygens (including phenoxy) is 1. The van der Waals surface area contributed by atoms with Gasteiger partial charge < -0.3 is 20.0 Å². The van der Waals surface area contributed by atoms with Crippen LogP contribution in [0, 0.1) is 10.1 Å². The van der Waals surface area contributed by atoms with Crippen molar-refractivity contribution in [2.45, 2.75) is 19.2 Å². The summed E-state index contributed by atoms with van der Waals surface area (Å²) in [6, 6.07) is 0. The molecular formula is C9H5F5N2O5. The Morgan fingerprint density at radius 1 is 1.48 bits per heavy atom. The van der Waals surface area contributed by atoms with E-state index in [0.717, 1.165) is 0 Å². The number of aliphatic carboxylic acids is 1. The van der Waals surface area contributed by atoms with Crippen LogP contribution in [0.5, 0.6) is 5.75 Å². The summed E-state index contributed by atoms with van der Waals surface area (Å²) >= 11 is 0. The first-order valence-corrected chi connectivity index (χ1v) is 4.94. The number of carbonyl (C=O) groups is 1. The van der Waals surface area contributed by atoms with Gasteiger partial charge in [0.05, 0.1) is 12.0 Å². The predicted molar refractivity (Wildman–Crippen MR) is 53.9 cm³/mol. The van der Waals surface area contributed by atoms with E-state index < -0.39 is 52.8 Å². The highest BCUT2D eigenvalue weighted by molar-refractivity contribution is 5.71. The lowest BCUT2D eigenvalue weighted by molar-refractivity contribution is -0.393. The topological polar surface area (TPSA) is 103 Å². The number of alkyl halides is 5. The van der Waals surface area contributed by atoms with Crippen molar-refractivity contribution >= 4 is 11.8 Å². The molecule has 1 rings (SSSR count). The Kier molecular flexibility index (Phi) is 4.60. The van der Waals surface area contributed by atoms with Gasteiger partial charge >= 0.3 is 18.1 Å². The standard InChI is InChI=1S/C9H5F5N2O5/c10-7(11)5-3(1-4(17)18)2-15-8(16(19)20)6(5)21-9(12,13)14/h2,7H,1H2,(H,17,18). The molecule has 0 amide bonds. The molecule has 12 heteroatoms. The molecule has 0 aliphatic heterocycles. The van der Waals surface area contributed by atoms with Crippen LogP contribution in [0.15, 0.2) is 6.20 Å². The highest BCUT2D eigenvalue weighted by Crippen LogP contribution is 2.40. The Labute approximate surface area is 112 Å². The van der Waals surface area contributed by atoms with E-state index in [-0.39, 0.29) is 0 Å². The van der Waals surface area contributed by atoms with Gasteiger partial charge in [-0.1, -0.05) is 0 Å². The largest absolute Gasteiger partial charge is 0.573 e. The van der Waals surface area contributed by atoms with Gasteiger partial charge in [0.2, 0.25) is 5.75 Å². The van der Waals surface area contributed by atoms with Gasteiger partial charge in [0.25, 0.3) is 6.43 Å². The first-order chi connectivity index (χ1) is 9.53. The maximum atomic E-state index is 12.9. The molecule has 0 unspecified atom stereocenters. The Hall–Kier alpha value is -2.53. The smallest absolute Gasteiger partial charge is 0.481 e. The Bertz CT molecular complexity index is 574. The first kappa shape index (κ1) is 16.5.